The van der Waals surface area contributed by atoms with E-state index in [4.69, 9.17) is 23.2 Å². The van der Waals surface area contributed by atoms with Crippen molar-refractivity contribution in [3.63, 3.8) is 0 Å². The number of anilines is 2. The summed E-state index contributed by atoms with van der Waals surface area (Å²) >= 11 is 11.9. The minimum atomic E-state index is -0.474. The van der Waals surface area contributed by atoms with Crippen LogP contribution in [0.15, 0.2) is 54.9 Å². The van der Waals surface area contributed by atoms with Crippen LogP contribution in [0.2, 0.25) is 10.0 Å². The van der Waals surface area contributed by atoms with E-state index in [1.165, 1.54) is 12.3 Å². The number of nitrogens with one attached hydrogen (secondary N) is 4. The van der Waals surface area contributed by atoms with Crippen LogP contribution >= 0.6 is 23.2 Å². The average Bonchev–Trinajstić information content (AvgIpc) is 3.11. The number of pyridine rings is 2. The normalized spacial score (nSPS) is 16.0. The molecule has 0 spiro atoms. The summed E-state index contributed by atoms with van der Waals surface area (Å²) in [5, 5.41) is 13.1. The first kappa shape index (κ1) is 23.1. The van der Waals surface area contributed by atoms with Gasteiger partial charge in [-0.2, -0.15) is 0 Å². The molecule has 4 rings (SSSR count). The highest BCUT2D eigenvalue weighted by Crippen LogP contribution is 2.23. The summed E-state index contributed by atoms with van der Waals surface area (Å²) in [4.78, 5) is 34.0. The smallest absolute Gasteiger partial charge is 0.274 e. The van der Waals surface area contributed by atoms with Gasteiger partial charge in [-0.3, -0.25) is 14.6 Å². The molecular formula is C23H22Cl2N6O2. The number of carbonyl (C=O) groups is 2. The van der Waals surface area contributed by atoms with Crippen molar-refractivity contribution in [3.8, 4) is 0 Å². The summed E-state index contributed by atoms with van der Waals surface area (Å²) in [6, 6.07) is 11.5. The molecule has 0 bridgehead atoms. The lowest BCUT2D eigenvalue weighted by atomic mass is 10.1. The zero-order valence-electron chi connectivity index (χ0n) is 17.6. The first-order valence-electron chi connectivity index (χ1n) is 10.4. The second-order valence-electron chi connectivity index (χ2n) is 7.50. The molecule has 4 N–H and O–H groups in total. The Bertz CT molecular complexity index is 1130. The van der Waals surface area contributed by atoms with Gasteiger partial charge < -0.3 is 21.3 Å². The maximum absolute atomic E-state index is 12.8. The molecule has 3 aromatic rings. The van der Waals surface area contributed by atoms with Crippen molar-refractivity contribution in [1.82, 2.24) is 20.6 Å². The van der Waals surface area contributed by atoms with Crippen LogP contribution in [0.3, 0.4) is 0 Å². The molecule has 1 atom stereocenters. The third kappa shape index (κ3) is 6.06. The molecule has 2 aromatic heterocycles. The number of nitrogens with zero attached hydrogens (tertiary/aromatic N) is 2. The lowest BCUT2D eigenvalue weighted by Gasteiger charge is -2.16. The molecule has 2 amide bonds. The van der Waals surface area contributed by atoms with Gasteiger partial charge >= 0.3 is 0 Å². The van der Waals surface area contributed by atoms with E-state index >= 15 is 0 Å². The van der Waals surface area contributed by atoms with Gasteiger partial charge in [-0.25, -0.2) is 4.98 Å². The lowest BCUT2D eigenvalue weighted by Crippen LogP contribution is -2.27. The van der Waals surface area contributed by atoms with E-state index in [2.05, 4.69) is 31.2 Å². The quantitative estimate of drug-likeness (QED) is 0.437. The lowest BCUT2D eigenvalue weighted by molar-refractivity contribution is 0.102. The number of carbonyl (C=O) groups excluding carboxylic acids is 2. The molecule has 0 saturated carbocycles. The van der Waals surface area contributed by atoms with Gasteiger partial charge in [0, 0.05) is 30.0 Å². The Kier molecular flexibility index (Phi) is 7.51. The molecule has 3 heterocycles. The fourth-order valence-corrected chi connectivity index (χ4v) is 3.71. The number of benzene rings is 1. The number of hydrogen-bond acceptors (Lipinski definition) is 6. The van der Waals surface area contributed by atoms with Gasteiger partial charge in [0.15, 0.2) is 0 Å². The van der Waals surface area contributed by atoms with Crippen LogP contribution in [0.4, 0.5) is 11.5 Å². The minimum absolute atomic E-state index is 0.144. The highest BCUT2D eigenvalue weighted by Gasteiger charge is 2.18. The predicted octanol–water partition coefficient (Wildman–Crippen LogP) is 3.91. The van der Waals surface area contributed by atoms with Crippen LogP contribution in [0.1, 0.15) is 38.9 Å². The van der Waals surface area contributed by atoms with E-state index in [-0.39, 0.29) is 17.3 Å². The number of halogens is 2. The van der Waals surface area contributed by atoms with Crippen LogP contribution in [-0.2, 0) is 0 Å². The average molecular weight is 485 g/mol. The summed E-state index contributed by atoms with van der Waals surface area (Å²) < 4.78 is 0. The molecule has 8 nitrogen and oxygen atoms in total. The van der Waals surface area contributed by atoms with Gasteiger partial charge in [0.2, 0.25) is 0 Å². The molecule has 170 valence electrons. The Morgan fingerprint density at radius 2 is 1.76 bits per heavy atom. The zero-order valence-corrected chi connectivity index (χ0v) is 19.1. The molecule has 1 aliphatic heterocycles. The number of amides is 2. The molecular weight excluding hydrogens is 463 g/mol. The van der Waals surface area contributed by atoms with Crippen LogP contribution in [0.5, 0.6) is 0 Å². The molecule has 0 radical (unpaired) electrons. The number of aromatic nitrogens is 2. The molecule has 10 heteroatoms. The highest BCUT2D eigenvalue weighted by molar-refractivity contribution is 6.31. The Hall–Kier alpha value is -3.04. The minimum Gasteiger partial charge on any atom is -0.320 e. The zero-order chi connectivity index (χ0) is 23.2. The molecule has 1 fully saturated rings. The van der Waals surface area contributed by atoms with Crippen molar-refractivity contribution in [3.05, 3.63) is 81.7 Å². The van der Waals surface area contributed by atoms with Crippen molar-refractivity contribution in [2.45, 2.75) is 12.5 Å². The van der Waals surface area contributed by atoms with Crippen LogP contribution in [0, 0.1) is 0 Å². The van der Waals surface area contributed by atoms with Gasteiger partial charge in [-0.05, 0) is 61.5 Å². The third-order valence-electron chi connectivity index (χ3n) is 5.13. The van der Waals surface area contributed by atoms with E-state index in [9.17, 15) is 9.59 Å². The number of rotatable bonds is 5. The first-order chi connectivity index (χ1) is 16.0. The van der Waals surface area contributed by atoms with Crippen molar-refractivity contribution in [2.75, 3.05) is 30.3 Å². The van der Waals surface area contributed by atoms with E-state index < -0.39 is 11.8 Å². The summed E-state index contributed by atoms with van der Waals surface area (Å²) in [6.07, 6.45) is 4.19. The Morgan fingerprint density at radius 3 is 2.52 bits per heavy atom. The summed E-state index contributed by atoms with van der Waals surface area (Å²) in [6.45, 7) is 2.70. The van der Waals surface area contributed by atoms with Crippen LogP contribution in [-0.4, -0.2) is 41.4 Å². The molecule has 1 aliphatic rings. The molecule has 1 aromatic carbocycles. The van der Waals surface area contributed by atoms with Crippen molar-refractivity contribution in [1.29, 1.82) is 0 Å². The van der Waals surface area contributed by atoms with E-state index in [0.29, 0.717) is 21.6 Å². The second kappa shape index (κ2) is 10.7. The van der Waals surface area contributed by atoms with Gasteiger partial charge in [-0.1, -0.05) is 29.3 Å². The fourth-order valence-electron chi connectivity index (χ4n) is 3.42. The molecule has 33 heavy (non-hydrogen) atoms. The van der Waals surface area contributed by atoms with Crippen molar-refractivity contribution in [2.24, 2.45) is 0 Å². The van der Waals surface area contributed by atoms with Crippen LogP contribution in [0.25, 0.3) is 0 Å². The third-order valence-corrected chi connectivity index (χ3v) is 5.59. The Labute approximate surface area is 201 Å². The summed E-state index contributed by atoms with van der Waals surface area (Å²) in [5.74, 6) is -0.590. The van der Waals surface area contributed by atoms with Gasteiger partial charge in [0.25, 0.3) is 11.8 Å². The summed E-state index contributed by atoms with van der Waals surface area (Å²) in [5.41, 5.74) is 1.73. The molecule has 1 unspecified atom stereocenters. The van der Waals surface area contributed by atoms with Gasteiger partial charge in [0.05, 0.1) is 16.3 Å². The first-order valence-corrected chi connectivity index (χ1v) is 11.2. The summed E-state index contributed by atoms with van der Waals surface area (Å²) in [7, 11) is 0. The highest BCUT2D eigenvalue weighted by atomic mass is 35.5. The van der Waals surface area contributed by atoms with Crippen molar-refractivity contribution >= 4 is 46.5 Å². The monoisotopic (exact) mass is 484 g/mol. The van der Waals surface area contributed by atoms with Crippen molar-refractivity contribution < 1.29 is 9.59 Å². The van der Waals surface area contributed by atoms with Gasteiger partial charge in [-0.15, -0.1) is 0 Å². The maximum Gasteiger partial charge on any atom is 0.274 e. The molecule has 0 aliphatic carbocycles. The largest absolute Gasteiger partial charge is 0.320 e. The number of hydrogen-bond donors (Lipinski definition) is 4. The second-order valence-corrected chi connectivity index (χ2v) is 8.37. The molecule has 1 saturated heterocycles. The standard InChI is InChI=1S/C23H22Cl2N6O2/c24-15-3-6-18(17(10-15)22(32)31-21-7-4-16(25)12-29-21)30-23(33)19-5-2-14(11-28-19)20-13-26-8-1-9-27-20/h2-7,10-12,20,26-27H,1,8-9,13H2,(H,30,33)(H,29,31,32). The van der Waals surface area contributed by atoms with E-state index in [1.54, 1.807) is 36.5 Å². The van der Waals surface area contributed by atoms with Crippen LogP contribution < -0.4 is 21.3 Å². The topological polar surface area (TPSA) is 108 Å². The SMILES string of the molecule is O=C(Nc1ccc(Cl)cc1C(=O)Nc1ccc(Cl)cn1)c1ccc(C2CNCCCN2)cn1. The van der Waals surface area contributed by atoms with Gasteiger partial charge in [0.1, 0.15) is 11.5 Å². The Morgan fingerprint density at radius 1 is 0.909 bits per heavy atom. The maximum atomic E-state index is 12.8. The van der Waals surface area contributed by atoms with E-state index in [0.717, 1.165) is 31.6 Å². The Balaban J connectivity index is 1.48. The van der Waals surface area contributed by atoms with E-state index in [1.807, 2.05) is 6.07 Å². The predicted molar refractivity (Wildman–Crippen MR) is 129 cm³/mol. The fraction of sp³-hybridized carbons (Fsp3) is 0.217.